The van der Waals surface area contributed by atoms with E-state index in [0.717, 1.165) is 12.8 Å². The molecule has 43 heavy (non-hydrogen) atoms. The summed E-state index contributed by atoms with van der Waals surface area (Å²) in [6.07, 6.45) is 40.1. The summed E-state index contributed by atoms with van der Waals surface area (Å²) in [7, 11) is 0. The average Bonchev–Trinajstić information content (AvgIpc) is 3.00. The van der Waals surface area contributed by atoms with Gasteiger partial charge in [0, 0.05) is 13.0 Å². The Morgan fingerprint density at radius 2 is 0.767 bits per heavy atom. The monoisotopic (exact) mass is 611 g/mol. The number of rotatable bonds is 33. The lowest BCUT2D eigenvalue weighted by Gasteiger charge is -2.13. The molecule has 0 fully saturated rings. The first-order chi connectivity index (χ1) is 21.0. The molecule has 0 aromatic rings. The van der Waals surface area contributed by atoms with Crippen LogP contribution in [0.5, 0.6) is 0 Å². The highest BCUT2D eigenvalue weighted by molar-refractivity contribution is 5.69. The molecular weight excluding hydrogens is 528 g/mol. The molecule has 0 aliphatic carbocycles. The highest BCUT2D eigenvalue weighted by Crippen LogP contribution is 2.19. The van der Waals surface area contributed by atoms with E-state index in [0.29, 0.717) is 18.9 Å². The lowest BCUT2D eigenvalue weighted by molar-refractivity contribution is -0.148. The highest BCUT2D eigenvalue weighted by atomic mass is 16.5. The Balaban J connectivity index is 0. The van der Waals surface area contributed by atoms with Gasteiger partial charge in [-0.05, 0) is 44.9 Å². The Kier molecular flexibility index (Phi) is 40.9. The van der Waals surface area contributed by atoms with Crippen molar-refractivity contribution in [3.63, 3.8) is 0 Å². The van der Waals surface area contributed by atoms with Gasteiger partial charge in [-0.3, -0.25) is 4.79 Å². The van der Waals surface area contributed by atoms with Crippen LogP contribution in [0.2, 0.25) is 0 Å². The Labute approximate surface area is 272 Å². The highest BCUT2D eigenvalue weighted by Gasteiger charge is 2.09. The van der Waals surface area contributed by atoms with Crippen LogP contribution >= 0.6 is 0 Å². The maximum absolute atomic E-state index is 11.7. The molecule has 0 spiro atoms. The fourth-order valence-electron chi connectivity index (χ4n) is 5.89. The van der Waals surface area contributed by atoms with Crippen LogP contribution in [0.4, 0.5) is 0 Å². The number of carbonyl (C=O) groups excluding carboxylic acids is 1. The van der Waals surface area contributed by atoms with Crippen LogP contribution in [0, 0.1) is 5.92 Å². The van der Waals surface area contributed by atoms with E-state index >= 15 is 0 Å². The number of esters is 1. The Morgan fingerprint density at radius 3 is 1.14 bits per heavy atom. The van der Waals surface area contributed by atoms with Gasteiger partial charge < -0.3 is 9.84 Å². The first-order valence-corrected chi connectivity index (χ1v) is 19.9. The molecule has 0 aliphatic heterocycles. The first-order valence-electron chi connectivity index (χ1n) is 19.9. The largest absolute Gasteiger partial charge is 0.463 e. The molecule has 0 saturated carbocycles. The molecule has 0 amide bonds. The van der Waals surface area contributed by atoms with Crippen molar-refractivity contribution in [2.75, 3.05) is 6.61 Å². The van der Waals surface area contributed by atoms with Crippen molar-refractivity contribution in [1.82, 2.24) is 0 Å². The van der Waals surface area contributed by atoms with Crippen LogP contribution in [0.1, 0.15) is 234 Å². The molecule has 0 saturated heterocycles. The fraction of sp³-hybridized carbons (Fsp3) is 0.975. The number of carbonyl (C=O) groups is 1. The Hall–Kier alpha value is -0.570. The van der Waals surface area contributed by atoms with Crippen molar-refractivity contribution in [1.29, 1.82) is 0 Å². The Bertz CT molecular complexity index is 506. The molecule has 0 radical (unpaired) electrons. The maximum atomic E-state index is 11.7. The third-order valence-corrected chi connectivity index (χ3v) is 8.97. The summed E-state index contributed by atoms with van der Waals surface area (Å²) in [6.45, 7) is 11.5. The molecule has 0 bridgehead atoms. The molecule has 0 heterocycles. The number of aliphatic hydroxyl groups is 1. The van der Waals surface area contributed by atoms with Gasteiger partial charge >= 0.3 is 5.97 Å². The van der Waals surface area contributed by atoms with Crippen LogP contribution in [0.25, 0.3) is 0 Å². The number of ether oxygens (including phenoxy) is 1. The van der Waals surface area contributed by atoms with Crippen molar-refractivity contribution in [3.8, 4) is 0 Å². The van der Waals surface area contributed by atoms with Crippen molar-refractivity contribution in [2.24, 2.45) is 5.92 Å². The first kappa shape index (κ1) is 44.6. The zero-order valence-electron chi connectivity index (χ0n) is 30.5. The van der Waals surface area contributed by atoms with Gasteiger partial charge in [-0.25, -0.2) is 0 Å². The zero-order chi connectivity index (χ0) is 32.1. The molecule has 0 aromatic carbocycles. The van der Waals surface area contributed by atoms with Gasteiger partial charge in [-0.15, -0.1) is 0 Å². The molecule has 1 N–H and O–H groups in total. The van der Waals surface area contributed by atoms with Gasteiger partial charge in [0.05, 0.1) is 6.10 Å². The van der Waals surface area contributed by atoms with Gasteiger partial charge in [0.2, 0.25) is 0 Å². The van der Waals surface area contributed by atoms with Crippen LogP contribution in [-0.2, 0) is 9.53 Å². The van der Waals surface area contributed by atoms with Gasteiger partial charge in [0.15, 0.2) is 0 Å². The smallest absolute Gasteiger partial charge is 0.306 e. The molecular formula is C40H82O3. The van der Waals surface area contributed by atoms with Crippen LogP contribution in [-0.4, -0.2) is 23.8 Å². The van der Waals surface area contributed by atoms with Crippen LogP contribution < -0.4 is 0 Å². The molecule has 2 unspecified atom stereocenters. The second-order valence-corrected chi connectivity index (χ2v) is 13.6. The summed E-state index contributed by atoms with van der Waals surface area (Å²) < 4.78 is 5.46. The summed E-state index contributed by atoms with van der Waals surface area (Å²) in [4.78, 5) is 11.7. The van der Waals surface area contributed by atoms with E-state index in [4.69, 9.17) is 4.74 Å². The van der Waals surface area contributed by atoms with Gasteiger partial charge in [-0.2, -0.15) is 0 Å². The van der Waals surface area contributed by atoms with Crippen molar-refractivity contribution in [2.45, 2.75) is 240 Å². The van der Waals surface area contributed by atoms with Crippen molar-refractivity contribution >= 4 is 5.97 Å². The van der Waals surface area contributed by atoms with Gasteiger partial charge in [0.25, 0.3) is 0 Å². The van der Waals surface area contributed by atoms with E-state index in [9.17, 15) is 9.90 Å². The fourth-order valence-corrected chi connectivity index (χ4v) is 5.89. The second kappa shape index (κ2) is 39.5. The van der Waals surface area contributed by atoms with Gasteiger partial charge in [-0.1, -0.05) is 188 Å². The minimum Gasteiger partial charge on any atom is -0.463 e. The molecule has 3 nitrogen and oxygen atoms in total. The second-order valence-electron chi connectivity index (χ2n) is 13.6. The normalized spacial score (nSPS) is 12.5. The lowest BCUT2D eigenvalue weighted by Crippen LogP contribution is -2.14. The topological polar surface area (TPSA) is 46.5 Å². The molecule has 260 valence electrons. The van der Waals surface area contributed by atoms with E-state index in [1.807, 2.05) is 6.92 Å². The number of unbranched alkanes of at least 4 members (excludes halogenated alkanes) is 23. The zero-order valence-corrected chi connectivity index (χ0v) is 30.5. The van der Waals surface area contributed by atoms with E-state index in [-0.39, 0.29) is 12.1 Å². The quantitative estimate of drug-likeness (QED) is 0.0594. The number of hydrogen-bond donors (Lipinski definition) is 1. The summed E-state index contributed by atoms with van der Waals surface area (Å²) in [5.41, 5.74) is 0. The summed E-state index contributed by atoms with van der Waals surface area (Å²) in [5, 5.41) is 9.47. The average molecular weight is 611 g/mol. The van der Waals surface area contributed by atoms with E-state index in [1.165, 1.54) is 180 Å². The summed E-state index contributed by atoms with van der Waals surface area (Å²) >= 11 is 0. The van der Waals surface area contributed by atoms with Crippen LogP contribution in [0.15, 0.2) is 0 Å². The van der Waals surface area contributed by atoms with Crippen molar-refractivity contribution < 1.29 is 14.6 Å². The number of aliphatic hydroxyl groups excluding tert-OH is 1. The predicted octanol–water partition coefficient (Wildman–Crippen LogP) is 13.7. The predicted molar refractivity (Wildman–Crippen MR) is 192 cm³/mol. The van der Waals surface area contributed by atoms with Crippen LogP contribution in [0.3, 0.4) is 0 Å². The molecule has 0 aromatic heterocycles. The third-order valence-electron chi connectivity index (χ3n) is 8.97. The molecule has 0 aliphatic rings. The number of hydrogen-bond acceptors (Lipinski definition) is 3. The summed E-state index contributed by atoms with van der Waals surface area (Å²) in [6, 6.07) is 0. The molecule has 2 atom stereocenters. The van der Waals surface area contributed by atoms with E-state index < -0.39 is 0 Å². The van der Waals surface area contributed by atoms with E-state index in [1.54, 1.807) is 0 Å². The Morgan fingerprint density at radius 1 is 0.465 bits per heavy atom. The lowest BCUT2D eigenvalue weighted by atomic mass is 9.95. The minimum atomic E-state index is 0.00550. The van der Waals surface area contributed by atoms with Crippen molar-refractivity contribution in [3.05, 3.63) is 0 Å². The third kappa shape index (κ3) is 39.4. The summed E-state index contributed by atoms with van der Waals surface area (Å²) in [5.74, 6) is 0.585. The molecule has 3 heteroatoms. The molecule has 0 rings (SSSR count). The standard InChI is InChI=1S/C20H40O2.C20H42O/c1-4-6-8-10-11-12-13-14-16-18-20(21)22-19(3)17-15-9-7-5-2;1-3-5-7-9-11-12-14-16-18-20(19-21)17-15-13-10-8-6-4-2/h19H,4-18H2,1-3H3;20-21H,3-19H2,1-2H3. The SMILES string of the molecule is CCCCCCCCCCC(CO)CCCCCCCC.CCCCCCCCCCCC(=O)OC(C)CCCCCC. The van der Waals surface area contributed by atoms with E-state index in [2.05, 4.69) is 27.7 Å². The van der Waals surface area contributed by atoms with Gasteiger partial charge in [0.1, 0.15) is 0 Å². The minimum absolute atomic E-state index is 0.00550. The maximum Gasteiger partial charge on any atom is 0.306 e.